The number of nitrogens with zero attached hydrogens (tertiary/aromatic N) is 1. The fourth-order valence-electron chi connectivity index (χ4n) is 1.05. The van der Waals surface area contributed by atoms with Gasteiger partial charge in [0.25, 0.3) is 0 Å². The first-order valence-electron chi connectivity index (χ1n) is 4.10. The third-order valence-corrected chi connectivity index (χ3v) is 1.59. The minimum Gasteiger partial charge on any atom is -0.308 e. The Morgan fingerprint density at radius 1 is 1.50 bits per heavy atom. The molecular weight excluding hydrogens is 150 g/mol. The van der Waals surface area contributed by atoms with Crippen LogP contribution in [0.5, 0.6) is 0 Å². The van der Waals surface area contributed by atoms with E-state index in [1.165, 1.54) is 5.56 Å². The highest BCUT2D eigenvalue weighted by Gasteiger charge is 1.91. The molecule has 0 saturated carbocycles. The molecule has 0 aliphatic carbocycles. The van der Waals surface area contributed by atoms with Gasteiger partial charge in [-0.3, -0.25) is 4.98 Å². The zero-order valence-electron chi connectivity index (χ0n) is 7.59. The molecule has 1 rings (SSSR count). The van der Waals surface area contributed by atoms with Gasteiger partial charge in [-0.2, -0.15) is 0 Å². The fourth-order valence-corrected chi connectivity index (χ4v) is 1.05. The first-order valence-corrected chi connectivity index (χ1v) is 4.10. The van der Waals surface area contributed by atoms with Crippen molar-refractivity contribution in [2.45, 2.75) is 13.5 Å². The molecule has 66 valence electrons. The van der Waals surface area contributed by atoms with Crippen LogP contribution < -0.4 is 10.6 Å². The lowest BCUT2D eigenvalue weighted by Gasteiger charge is -2.03. The van der Waals surface area contributed by atoms with Gasteiger partial charge in [0.1, 0.15) is 0 Å². The molecular formula is C9H15N3. The van der Waals surface area contributed by atoms with Gasteiger partial charge in [0.15, 0.2) is 0 Å². The van der Waals surface area contributed by atoms with Gasteiger partial charge in [-0.1, -0.05) is 0 Å². The van der Waals surface area contributed by atoms with Crippen LogP contribution in [0.1, 0.15) is 11.3 Å². The Hall–Kier alpha value is -0.930. The zero-order chi connectivity index (χ0) is 8.81. The molecule has 0 fully saturated rings. The van der Waals surface area contributed by atoms with E-state index in [0.717, 1.165) is 18.9 Å². The number of pyridine rings is 1. The molecule has 0 saturated heterocycles. The summed E-state index contributed by atoms with van der Waals surface area (Å²) in [7, 11) is 1.92. The molecule has 3 heteroatoms. The predicted octanol–water partition coefficient (Wildman–Crippen LogP) is 0.657. The molecule has 0 atom stereocenters. The SMILES string of the molecule is CNCNCc1ccnc(C)c1. The third kappa shape index (κ3) is 2.98. The van der Waals surface area contributed by atoms with Crippen molar-refractivity contribution < 1.29 is 0 Å². The zero-order valence-corrected chi connectivity index (χ0v) is 7.59. The van der Waals surface area contributed by atoms with E-state index >= 15 is 0 Å². The Morgan fingerprint density at radius 3 is 3.00 bits per heavy atom. The topological polar surface area (TPSA) is 37.0 Å². The van der Waals surface area contributed by atoms with Crippen LogP contribution in [-0.4, -0.2) is 18.7 Å². The number of hydrogen-bond donors (Lipinski definition) is 2. The lowest BCUT2D eigenvalue weighted by Crippen LogP contribution is -2.25. The standard InChI is InChI=1S/C9H15N3/c1-8-5-9(3-4-12-8)6-11-7-10-2/h3-5,10-11H,6-7H2,1-2H3. The van der Waals surface area contributed by atoms with Crippen LogP contribution >= 0.6 is 0 Å². The highest BCUT2D eigenvalue weighted by Crippen LogP contribution is 1.99. The van der Waals surface area contributed by atoms with Crippen LogP contribution in [0.4, 0.5) is 0 Å². The number of aromatic nitrogens is 1. The van der Waals surface area contributed by atoms with Crippen molar-refractivity contribution in [2.24, 2.45) is 0 Å². The van der Waals surface area contributed by atoms with Gasteiger partial charge in [-0.15, -0.1) is 0 Å². The van der Waals surface area contributed by atoms with Crippen molar-refractivity contribution in [1.29, 1.82) is 0 Å². The molecule has 1 aromatic rings. The second-order valence-corrected chi connectivity index (χ2v) is 2.76. The largest absolute Gasteiger partial charge is 0.308 e. The van der Waals surface area contributed by atoms with Gasteiger partial charge in [0, 0.05) is 25.1 Å². The minimum absolute atomic E-state index is 0.835. The Labute approximate surface area is 73.2 Å². The maximum Gasteiger partial charge on any atom is 0.0454 e. The van der Waals surface area contributed by atoms with E-state index in [1.54, 1.807) is 0 Å². The lowest BCUT2D eigenvalue weighted by atomic mass is 10.2. The monoisotopic (exact) mass is 165 g/mol. The van der Waals surface area contributed by atoms with E-state index in [9.17, 15) is 0 Å². The van der Waals surface area contributed by atoms with Gasteiger partial charge < -0.3 is 10.6 Å². The van der Waals surface area contributed by atoms with Crippen molar-refractivity contribution >= 4 is 0 Å². The average Bonchev–Trinajstić information content (AvgIpc) is 2.05. The summed E-state index contributed by atoms with van der Waals surface area (Å²) >= 11 is 0. The van der Waals surface area contributed by atoms with Crippen LogP contribution in [0, 0.1) is 6.92 Å². The normalized spacial score (nSPS) is 10.2. The van der Waals surface area contributed by atoms with Gasteiger partial charge >= 0.3 is 0 Å². The summed E-state index contributed by atoms with van der Waals surface area (Å²) in [6.45, 7) is 3.73. The second-order valence-electron chi connectivity index (χ2n) is 2.76. The van der Waals surface area contributed by atoms with Gasteiger partial charge in [0.05, 0.1) is 0 Å². The van der Waals surface area contributed by atoms with Crippen LogP contribution in [0.25, 0.3) is 0 Å². The maximum atomic E-state index is 4.12. The van der Waals surface area contributed by atoms with E-state index in [2.05, 4.69) is 21.7 Å². The highest BCUT2D eigenvalue weighted by atomic mass is 15.0. The first kappa shape index (κ1) is 9.16. The molecule has 0 amide bonds. The molecule has 0 unspecified atom stereocenters. The van der Waals surface area contributed by atoms with Gasteiger partial charge in [0.2, 0.25) is 0 Å². The fraction of sp³-hybridized carbons (Fsp3) is 0.444. The number of hydrogen-bond acceptors (Lipinski definition) is 3. The molecule has 12 heavy (non-hydrogen) atoms. The Kier molecular flexibility index (Phi) is 3.70. The van der Waals surface area contributed by atoms with Crippen LogP contribution in [0.2, 0.25) is 0 Å². The van der Waals surface area contributed by atoms with E-state index in [4.69, 9.17) is 0 Å². The summed E-state index contributed by atoms with van der Waals surface area (Å²) in [5.41, 5.74) is 2.34. The summed E-state index contributed by atoms with van der Waals surface area (Å²) in [5.74, 6) is 0. The minimum atomic E-state index is 0.835. The Bertz CT molecular complexity index is 235. The van der Waals surface area contributed by atoms with E-state index in [1.807, 2.05) is 26.2 Å². The molecule has 0 aliphatic rings. The lowest BCUT2D eigenvalue weighted by molar-refractivity contribution is 0.631. The molecule has 1 heterocycles. The molecule has 3 nitrogen and oxygen atoms in total. The summed E-state index contributed by atoms with van der Waals surface area (Å²) in [4.78, 5) is 4.12. The Morgan fingerprint density at radius 2 is 2.33 bits per heavy atom. The highest BCUT2D eigenvalue weighted by molar-refractivity contribution is 5.14. The molecule has 1 aromatic heterocycles. The van der Waals surface area contributed by atoms with Crippen LogP contribution in [-0.2, 0) is 6.54 Å². The van der Waals surface area contributed by atoms with Gasteiger partial charge in [-0.05, 0) is 31.7 Å². The first-order chi connectivity index (χ1) is 5.83. The van der Waals surface area contributed by atoms with Crippen LogP contribution in [0.3, 0.4) is 0 Å². The quantitative estimate of drug-likeness (QED) is 0.508. The number of aryl methyl sites for hydroxylation is 1. The van der Waals surface area contributed by atoms with E-state index < -0.39 is 0 Å². The van der Waals surface area contributed by atoms with E-state index in [0.29, 0.717) is 0 Å². The van der Waals surface area contributed by atoms with Crippen molar-refractivity contribution in [3.05, 3.63) is 29.6 Å². The smallest absolute Gasteiger partial charge is 0.0454 e. The van der Waals surface area contributed by atoms with E-state index in [-0.39, 0.29) is 0 Å². The van der Waals surface area contributed by atoms with Crippen molar-refractivity contribution in [1.82, 2.24) is 15.6 Å². The summed E-state index contributed by atoms with van der Waals surface area (Å²) < 4.78 is 0. The van der Waals surface area contributed by atoms with Crippen LogP contribution in [0.15, 0.2) is 18.3 Å². The molecule has 0 bridgehead atoms. The second kappa shape index (κ2) is 4.85. The predicted molar refractivity (Wildman–Crippen MR) is 49.7 cm³/mol. The molecule has 0 spiro atoms. The van der Waals surface area contributed by atoms with Gasteiger partial charge in [-0.25, -0.2) is 0 Å². The average molecular weight is 165 g/mol. The van der Waals surface area contributed by atoms with Crippen molar-refractivity contribution in [3.63, 3.8) is 0 Å². The Balaban J connectivity index is 2.41. The molecule has 2 N–H and O–H groups in total. The third-order valence-electron chi connectivity index (χ3n) is 1.59. The van der Waals surface area contributed by atoms with Crippen molar-refractivity contribution in [2.75, 3.05) is 13.7 Å². The molecule has 0 aromatic carbocycles. The summed E-state index contributed by atoms with van der Waals surface area (Å²) in [6, 6.07) is 4.11. The molecule has 0 aliphatic heterocycles. The number of nitrogens with one attached hydrogen (secondary N) is 2. The summed E-state index contributed by atoms with van der Waals surface area (Å²) in [6.07, 6.45) is 1.84. The molecule has 0 radical (unpaired) electrons. The maximum absolute atomic E-state index is 4.12. The summed E-state index contributed by atoms with van der Waals surface area (Å²) in [5, 5.41) is 6.27. The number of rotatable bonds is 4. The van der Waals surface area contributed by atoms with Crippen molar-refractivity contribution in [3.8, 4) is 0 Å².